The average molecular weight is 345 g/mol. The molecule has 3 rings (SSSR count). The lowest BCUT2D eigenvalue weighted by Crippen LogP contribution is -2.44. The van der Waals surface area contributed by atoms with Crippen molar-refractivity contribution in [1.29, 1.82) is 0 Å². The Morgan fingerprint density at radius 3 is 2.54 bits per heavy atom. The first kappa shape index (κ1) is 16.7. The van der Waals surface area contributed by atoms with Gasteiger partial charge in [0.05, 0.1) is 5.56 Å². The summed E-state index contributed by atoms with van der Waals surface area (Å²) < 4.78 is 0. The standard InChI is InChI=1S/C18H21ClN4O/c1-20-18(24)14-11-17(23-9-7-22(2)8-10-23)21-12-15(14)13-5-3-4-6-16(13)19/h3-6,11-12H,7-10H2,1-2H3,(H,20,24). The maximum absolute atomic E-state index is 12.4. The molecule has 24 heavy (non-hydrogen) atoms. The summed E-state index contributed by atoms with van der Waals surface area (Å²) in [6.45, 7) is 3.79. The van der Waals surface area contributed by atoms with Gasteiger partial charge in [0.2, 0.25) is 0 Å². The molecular weight excluding hydrogens is 324 g/mol. The molecule has 1 aromatic heterocycles. The summed E-state index contributed by atoms with van der Waals surface area (Å²) >= 11 is 6.31. The molecule has 5 nitrogen and oxygen atoms in total. The molecule has 0 spiro atoms. The second kappa shape index (κ2) is 7.20. The van der Waals surface area contributed by atoms with Gasteiger partial charge in [-0.3, -0.25) is 4.79 Å². The van der Waals surface area contributed by atoms with Crippen molar-refractivity contribution in [1.82, 2.24) is 15.2 Å². The highest BCUT2D eigenvalue weighted by Gasteiger charge is 2.20. The maximum atomic E-state index is 12.4. The zero-order valence-corrected chi connectivity index (χ0v) is 14.7. The van der Waals surface area contributed by atoms with Gasteiger partial charge in [-0.2, -0.15) is 0 Å². The highest BCUT2D eigenvalue weighted by molar-refractivity contribution is 6.33. The molecule has 0 saturated carbocycles. The number of benzene rings is 1. The molecule has 1 saturated heterocycles. The normalized spacial score (nSPS) is 15.4. The molecule has 1 aliphatic rings. The number of piperazine rings is 1. The van der Waals surface area contributed by atoms with Crippen molar-refractivity contribution in [3.05, 3.63) is 47.1 Å². The number of rotatable bonds is 3. The molecular formula is C18H21ClN4O. The second-order valence-corrected chi connectivity index (χ2v) is 6.34. The van der Waals surface area contributed by atoms with E-state index in [1.54, 1.807) is 13.2 Å². The molecule has 2 aromatic rings. The van der Waals surface area contributed by atoms with Crippen LogP contribution < -0.4 is 10.2 Å². The molecule has 0 bridgehead atoms. The Bertz CT molecular complexity index is 742. The van der Waals surface area contributed by atoms with Crippen LogP contribution in [0.25, 0.3) is 11.1 Å². The van der Waals surface area contributed by atoms with E-state index in [4.69, 9.17) is 11.6 Å². The lowest BCUT2D eigenvalue weighted by atomic mass is 10.0. The van der Waals surface area contributed by atoms with Gasteiger partial charge in [-0.05, 0) is 19.2 Å². The van der Waals surface area contributed by atoms with Crippen LogP contribution in [0.4, 0.5) is 5.82 Å². The molecule has 1 aliphatic heterocycles. The van der Waals surface area contributed by atoms with Gasteiger partial charge in [0, 0.05) is 55.6 Å². The third-order valence-electron chi connectivity index (χ3n) is 4.35. The highest BCUT2D eigenvalue weighted by Crippen LogP contribution is 2.31. The van der Waals surface area contributed by atoms with Crippen molar-refractivity contribution < 1.29 is 4.79 Å². The molecule has 6 heteroatoms. The average Bonchev–Trinajstić information content (AvgIpc) is 2.62. The fraction of sp³-hybridized carbons (Fsp3) is 0.333. The SMILES string of the molecule is CNC(=O)c1cc(N2CCN(C)CC2)ncc1-c1ccccc1Cl. The van der Waals surface area contributed by atoms with Gasteiger partial charge < -0.3 is 15.1 Å². The van der Waals surface area contributed by atoms with Gasteiger partial charge in [0.15, 0.2) is 0 Å². The summed E-state index contributed by atoms with van der Waals surface area (Å²) in [5, 5.41) is 3.32. The monoisotopic (exact) mass is 344 g/mol. The number of carbonyl (C=O) groups excluding carboxylic acids is 1. The van der Waals surface area contributed by atoms with Gasteiger partial charge in [0.1, 0.15) is 5.82 Å². The van der Waals surface area contributed by atoms with E-state index >= 15 is 0 Å². The molecule has 0 radical (unpaired) electrons. The van der Waals surface area contributed by atoms with Crippen molar-refractivity contribution in [3.8, 4) is 11.1 Å². The fourth-order valence-electron chi connectivity index (χ4n) is 2.87. The number of likely N-dealkylation sites (N-methyl/N-ethyl adjacent to an activating group) is 1. The zero-order valence-electron chi connectivity index (χ0n) is 13.9. The third-order valence-corrected chi connectivity index (χ3v) is 4.68. The van der Waals surface area contributed by atoms with E-state index in [9.17, 15) is 4.79 Å². The Labute approximate surface area is 147 Å². The van der Waals surface area contributed by atoms with E-state index in [1.165, 1.54) is 0 Å². The van der Waals surface area contributed by atoms with Crippen LogP contribution >= 0.6 is 11.6 Å². The van der Waals surface area contributed by atoms with Gasteiger partial charge in [-0.25, -0.2) is 4.98 Å². The molecule has 1 fully saturated rings. The van der Waals surface area contributed by atoms with Gasteiger partial charge in [0.25, 0.3) is 5.91 Å². The van der Waals surface area contributed by atoms with E-state index in [-0.39, 0.29) is 5.91 Å². The summed E-state index contributed by atoms with van der Waals surface area (Å²) in [6, 6.07) is 9.36. The number of pyridine rings is 1. The second-order valence-electron chi connectivity index (χ2n) is 5.94. The maximum Gasteiger partial charge on any atom is 0.251 e. The number of hydrogen-bond donors (Lipinski definition) is 1. The molecule has 0 unspecified atom stereocenters. The minimum Gasteiger partial charge on any atom is -0.355 e. The van der Waals surface area contributed by atoms with Crippen molar-refractivity contribution in [2.45, 2.75) is 0 Å². The van der Waals surface area contributed by atoms with Crippen LogP contribution in [0.3, 0.4) is 0 Å². The quantitative estimate of drug-likeness (QED) is 0.929. The number of nitrogens with zero attached hydrogens (tertiary/aromatic N) is 3. The molecule has 0 atom stereocenters. The minimum absolute atomic E-state index is 0.136. The fourth-order valence-corrected chi connectivity index (χ4v) is 3.11. The van der Waals surface area contributed by atoms with E-state index in [2.05, 4.69) is 27.1 Å². The predicted octanol–water partition coefficient (Wildman–Crippen LogP) is 2.51. The number of amides is 1. The highest BCUT2D eigenvalue weighted by atomic mass is 35.5. The first-order valence-corrected chi connectivity index (χ1v) is 8.38. The van der Waals surface area contributed by atoms with Crippen LogP contribution in [0.2, 0.25) is 5.02 Å². The number of carbonyl (C=O) groups is 1. The Hall–Kier alpha value is -2.11. The molecule has 1 amide bonds. The molecule has 0 aliphatic carbocycles. The molecule has 1 N–H and O–H groups in total. The minimum atomic E-state index is -0.136. The first-order valence-electron chi connectivity index (χ1n) is 8.00. The van der Waals surface area contributed by atoms with Crippen LogP contribution in [0, 0.1) is 0 Å². The van der Waals surface area contributed by atoms with Gasteiger partial charge in [-0.1, -0.05) is 29.8 Å². The van der Waals surface area contributed by atoms with E-state index < -0.39 is 0 Å². The number of halogens is 1. The number of anilines is 1. The van der Waals surface area contributed by atoms with E-state index in [1.807, 2.05) is 30.3 Å². The number of aromatic nitrogens is 1. The number of hydrogen-bond acceptors (Lipinski definition) is 4. The lowest BCUT2D eigenvalue weighted by Gasteiger charge is -2.33. The van der Waals surface area contributed by atoms with Crippen LogP contribution in [0.15, 0.2) is 36.5 Å². The van der Waals surface area contributed by atoms with Crippen molar-refractivity contribution in [3.63, 3.8) is 0 Å². The van der Waals surface area contributed by atoms with Crippen LogP contribution in [0.5, 0.6) is 0 Å². The van der Waals surface area contributed by atoms with Crippen molar-refractivity contribution >= 4 is 23.3 Å². The molecule has 2 heterocycles. The first-order chi connectivity index (χ1) is 11.6. The summed E-state index contributed by atoms with van der Waals surface area (Å²) in [6.07, 6.45) is 1.75. The predicted molar refractivity (Wildman–Crippen MR) is 97.8 cm³/mol. The van der Waals surface area contributed by atoms with Crippen LogP contribution in [-0.4, -0.2) is 56.1 Å². The van der Waals surface area contributed by atoms with E-state index in [0.717, 1.165) is 43.1 Å². The third kappa shape index (κ3) is 3.37. The summed E-state index contributed by atoms with van der Waals surface area (Å²) in [5.41, 5.74) is 2.16. The largest absolute Gasteiger partial charge is 0.355 e. The number of nitrogens with one attached hydrogen (secondary N) is 1. The summed E-state index contributed by atoms with van der Waals surface area (Å²) in [4.78, 5) is 21.5. The van der Waals surface area contributed by atoms with Crippen molar-refractivity contribution in [2.75, 3.05) is 45.2 Å². The molecule has 126 valence electrons. The summed E-state index contributed by atoms with van der Waals surface area (Å²) in [5.74, 6) is 0.695. The van der Waals surface area contributed by atoms with Crippen LogP contribution in [0.1, 0.15) is 10.4 Å². The Morgan fingerprint density at radius 2 is 1.88 bits per heavy atom. The Morgan fingerprint density at radius 1 is 1.17 bits per heavy atom. The Balaban J connectivity index is 2.01. The summed E-state index contributed by atoms with van der Waals surface area (Å²) in [7, 11) is 3.75. The molecule has 1 aromatic carbocycles. The van der Waals surface area contributed by atoms with Crippen molar-refractivity contribution in [2.24, 2.45) is 0 Å². The van der Waals surface area contributed by atoms with Gasteiger partial charge in [-0.15, -0.1) is 0 Å². The van der Waals surface area contributed by atoms with Crippen LogP contribution in [-0.2, 0) is 0 Å². The Kier molecular flexibility index (Phi) is 5.02. The van der Waals surface area contributed by atoms with E-state index in [0.29, 0.717) is 10.6 Å². The lowest BCUT2D eigenvalue weighted by molar-refractivity contribution is 0.0963. The van der Waals surface area contributed by atoms with Gasteiger partial charge >= 0.3 is 0 Å². The zero-order chi connectivity index (χ0) is 17.1. The topological polar surface area (TPSA) is 48.5 Å². The smallest absolute Gasteiger partial charge is 0.251 e.